The molecule has 0 aliphatic rings. The molecule has 0 amide bonds. The molecule has 0 N–H and O–H groups in total. The summed E-state index contributed by atoms with van der Waals surface area (Å²) < 4.78 is 5.95. The van der Waals surface area contributed by atoms with Crippen LogP contribution < -0.4 is 4.74 Å². The molecule has 0 aliphatic carbocycles. The molecule has 0 saturated carbocycles. The first kappa shape index (κ1) is 15.4. The van der Waals surface area contributed by atoms with Crippen LogP contribution in [-0.2, 0) is 0 Å². The summed E-state index contributed by atoms with van der Waals surface area (Å²) in [7, 11) is 0. The van der Waals surface area contributed by atoms with E-state index in [1.54, 1.807) is 0 Å². The van der Waals surface area contributed by atoms with Gasteiger partial charge in [-0.3, -0.25) is 0 Å². The molecule has 18 heavy (non-hydrogen) atoms. The topological polar surface area (TPSA) is 9.23 Å². The van der Waals surface area contributed by atoms with E-state index in [-0.39, 0.29) is 0 Å². The third-order valence-electron chi connectivity index (χ3n) is 3.55. The van der Waals surface area contributed by atoms with E-state index in [4.69, 9.17) is 4.74 Å². The number of hydrogen-bond donors (Lipinski definition) is 1. The molecule has 0 aliphatic heterocycles. The van der Waals surface area contributed by atoms with Crippen LogP contribution >= 0.6 is 12.6 Å². The average molecular weight is 266 g/mol. The van der Waals surface area contributed by atoms with Crippen molar-refractivity contribution in [1.29, 1.82) is 0 Å². The summed E-state index contributed by atoms with van der Waals surface area (Å²) in [5, 5.41) is 0. The van der Waals surface area contributed by atoms with E-state index in [9.17, 15) is 0 Å². The number of rotatable bonds is 8. The van der Waals surface area contributed by atoms with Crippen molar-refractivity contribution >= 4 is 12.6 Å². The zero-order valence-electron chi connectivity index (χ0n) is 11.9. The van der Waals surface area contributed by atoms with Gasteiger partial charge in [0.1, 0.15) is 5.75 Å². The van der Waals surface area contributed by atoms with Crippen LogP contribution in [0.3, 0.4) is 0 Å². The zero-order valence-corrected chi connectivity index (χ0v) is 12.7. The lowest BCUT2D eigenvalue weighted by Gasteiger charge is -2.17. The Bertz CT molecular complexity index is 338. The van der Waals surface area contributed by atoms with Gasteiger partial charge in [-0.2, -0.15) is 12.6 Å². The molecule has 1 rings (SSSR count). The smallest absolute Gasteiger partial charge is 0.122 e. The molecule has 1 nitrogen and oxygen atoms in total. The van der Waals surface area contributed by atoms with E-state index in [2.05, 4.69) is 57.7 Å². The number of ether oxygens (including phenoxy) is 1. The Morgan fingerprint density at radius 1 is 1.17 bits per heavy atom. The van der Waals surface area contributed by atoms with Crippen molar-refractivity contribution in [1.82, 2.24) is 0 Å². The SMILES string of the molecule is CCC(C)c1ccccc1OCCC(C)CCS. The molecule has 102 valence electrons. The Labute approximate surface area is 117 Å². The fourth-order valence-corrected chi connectivity index (χ4v) is 2.41. The van der Waals surface area contributed by atoms with E-state index in [0.29, 0.717) is 11.8 Å². The monoisotopic (exact) mass is 266 g/mol. The van der Waals surface area contributed by atoms with Crippen molar-refractivity contribution in [3.8, 4) is 5.75 Å². The van der Waals surface area contributed by atoms with Crippen LogP contribution in [0.1, 0.15) is 51.5 Å². The van der Waals surface area contributed by atoms with Gasteiger partial charge in [-0.15, -0.1) is 0 Å². The van der Waals surface area contributed by atoms with Crippen LogP contribution in [0.2, 0.25) is 0 Å². The van der Waals surface area contributed by atoms with Crippen molar-refractivity contribution in [3.63, 3.8) is 0 Å². The normalized spacial score (nSPS) is 14.2. The van der Waals surface area contributed by atoms with Crippen LogP contribution in [0.25, 0.3) is 0 Å². The molecule has 2 atom stereocenters. The standard InChI is InChI=1S/C16H26OS/c1-4-14(3)15-7-5-6-8-16(15)17-11-9-13(2)10-12-18/h5-8,13-14,18H,4,9-12H2,1-3H3. The van der Waals surface area contributed by atoms with E-state index < -0.39 is 0 Å². The Balaban J connectivity index is 2.51. The van der Waals surface area contributed by atoms with Crippen molar-refractivity contribution in [3.05, 3.63) is 29.8 Å². The lowest BCUT2D eigenvalue weighted by atomic mass is 9.98. The highest BCUT2D eigenvalue weighted by Crippen LogP contribution is 2.28. The van der Waals surface area contributed by atoms with E-state index in [0.717, 1.165) is 31.0 Å². The van der Waals surface area contributed by atoms with Gasteiger partial charge in [-0.1, -0.05) is 39.0 Å². The van der Waals surface area contributed by atoms with Crippen LogP contribution in [0.15, 0.2) is 24.3 Å². The van der Waals surface area contributed by atoms with Crippen LogP contribution in [0.4, 0.5) is 0 Å². The molecular weight excluding hydrogens is 240 g/mol. The van der Waals surface area contributed by atoms with Crippen molar-refractivity contribution in [2.45, 2.75) is 46.0 Å². The number of hydrogen-bond acceptors (Lipinski definition) is 2. The molecule has 0 fully saturated rings. The third-order valence-corrected chi connectivity index (χ3v) is 3.81. The highest BCUT2D eigenvalue weighted by atomic mass is 32.1. The van der Waals surface area contributed by atoms with Crippen LogP contribution in [0.5, 0.6) is 5.75 Å². The summed E-state index contributed by atoms with van der Waals surface area (Å²) in [5.41, 5.74) is 1.34. The van der Waals surface area contributed by atoms with E-state index >= 15 is 0 Å². The molecule has 1 aromatic carbocycles. The third kappa shape index (κ3) is 4.93. The Kier molecular flexibility index (Phi) is 7.26. The minimum atomic E-state index is 0.566. The second-order valence-electron chi connectivity index (χ2n) is 5.10. The predicted molar refractivity (Wildman–Crippen MR) is 82.9 cm³/mol. The van der Waals surface area contributed by atoms with Gasteiger partial charge in [0.2, 0.25) is 0 Å². The van der Waals surface area contributed by atoms with Gasteiger partial charge in [0.15, 0.2) is 0 Å². The van der Waals surface area contributed by atoms with Gasteiger partial charge in [-0.25, -0.2) is 0 Å². The Morgan fingerprint density at radius 3 is 2.56 bits per heavy atom. The summed E-state index contributed by atoms with van der Waals surface area (Å²) in [6.07, 6.45) is 3.42. The maximum absolute atomic E-state index is 5.95. The van der Waals surface area contributed by atoms with Gasteiger partial charge < -0.3 is 4.74 Å². The van der Waals surface area contributed by atoms with Crippen molar-refractivity contribution in [2.24, 2.45) is 5.92 Å². The van der Waals surface area contributed by atoms with Crippen LogP contribution in [0, 0.1) is 5.92 Å². The lowest BCUT2D eigenvalue weighted by Crippen LogP contribution is -2.06. The van der Waals surface area contributed by atoms with E-state index in [1.165, 1.54) is 12.0 Å². The minimum absolute atomic E-state index is 0.566. The van der Waals surface area contributed by atoms with Gasteiger partial charge in [0, 0.05) is 0 Å². The second kappa shape index (κ2) is 8.47. The molecule has 2 heteroatoms. The minimum Gasteiger partial charge on any atom is -0.493 e. The summed E-state index contributed by atoms with van der Waals surface area (Å²) in [6, 6.07) is 8.42. The average Bonchev–Trinajstić information content (AvgIpc) is 2.39. The first-order valence-corrected chi connectivity index (χ1v) is 7.64. The summed E-state index contributed by atoms with van der Waals surface area (Å²) >= 11 is 4.27. The van der Waals surface area contributed by atoms with Crippen molar-refractivity contribution < 1.29 is 4.74 Å². The molecule has 0 saturated heterocycles. The zero-order chi connectivity index (χ0) is 13.4. The lowest BCUT2D eigenvalue weighted by molar-refractivity contribution is 0.278. The molecular formula is C16H26OS. The quantitative estimate of drug-likeness (QED) is 0.657. The second-order valence-corrected chi connectivity index (χ2v) is 5.55. The molecule has 0 radical (unpaired) electrons. The molecule has 0 spiro atoms. The predicted octanol–water partition coefficient (Wildman–Crippen LogP) is 4.93. The molecule has 0 bridgehead atoms. The maximum atomic E-state index is 5.95. The molecule has 0 heterocycles. The fourth-order valence-electron chi connectivity index (χ4n) is 1.97. The van der Waals surface area contributed by atoms with Gasteiger partial charge in [0.25, 0.3) is 0 Å². The summed E-state index contributed by atoms with van der Waals surface area (Å²) in [4.78, 5) is 0. The van der Waals surface area contributed by atoms with Gasteiger partial charge >= 0.3 is 0 Å². The first-order valence-electron chi connectivity index (χ1n) is 7.01. The van der Waals surface area contributed by atoms with Crippen molar-refractivity contribution in [2.75, 3.05) is 12.4 Å². The largest absolute Gasteiger partial charge is 0.493 e. The van der Waals surface area contributed by atoms with Crippen LogP contribution in [-0.4, -0.2) is 12.4 Å². The summed E-state index contributed by atoms with van der Waals surface area (Å²) in [5.74, 6) is 3.28. The first-order chi connectivity index (χ1) is 8.69. The van der Waals surface area contributed by atoms with Gasteiger partial charge in [0.05, 0.1) is 6.61 Å². The Hall–Kier alpha value is -0.630. The molecule has 2 unspecified atom stereocenters. The number of para-hydroxylation sites is 1. The van der Waals surface area contributed by atoms with Gasteiger partial charge in [-0.05, 0) is 48.5 Å². The molecule has 1 aromatic rings. The maximum Gasteiger partial charge on any atom is 0.122 e. The Morgan fingerprint density at radius 2 is 1.89 bits per heavy atom. The highest BCUT2D eigenvalue weighted by molar-refractivity contribution is 7.80. The molecule has 0 aromatic heterocycles. The number of benzene rings is 1. The van der Waals surface area contributed by atoms with E-state index in [1.807, 2.05) is 0 Å². The highest BCUT2D eigenvalue weighted by Gasteiger charge is 2.09. The fraction of sp³-hybridized carbons (Fsp3) is 0.625. The number of thiol groups is 1. The summed E-state index contributed by atoms with van der Waals surface area (Å²) in [6.45, 7) is 7.55.